The highest BCUT2D eigenvalue weighted by Gasteiger charge is 2.47. The van der Waals surface area contributed by atoms with Gasteiger partial charge in [0.05, 0.1) is 28.3 Å². The lowest BCUT2D eigenvalue weighted by Gasteiger charge is -2.42. The topological polar surface area (TPSA) is 139 Å². The van der Waals surface area contributed by atoms with Gasteiger partial charge < -0.3 is 20.1 Å². The SMILES string of the molecule is CC(C)[C@@H]1OC(=O)[C@]2(/C=C/c3ccc4ccc(nc4c3)[C@@H](C)NC(=O)[C@@H]3CCCN(N3)C(=O)[C@H](C)NC1=O)CCOC(C)(C)C2. The van der Waals surface area contributed by atoms with Crippen LogP contribution in [0.3, 0.4) is 0 Å². The van der Waals surface area contributed by atoms with Gasteiger partial charge in [0, 0.05) is 18.5 Å². The molecule has 5 rings (SSSR count). The van der Waals surface area contributed by atoms with Crippen LogP contribution in [0.2, 0.25) is 0 Å². The van der Waals surface area contributed by atoms with Crippen LogP contribution in [-0.4, -0.2) is 70.6 Å². The Hall–Kier alpha value is -3.83. The quantitative estimate of drug-likeness (QED) is 0.412. The molecule has 0 aliphatic carbocycles. The van der Waals surface area contributed by atoms with Crippen molar-refractivity contribution in [1.29, 1.82) is 0 Å². The molecule has 45 heavy (non-hydrogen) atoms. The van der Waals surface area contributed by atoms with Gasteiger partial charge in [-0.2, -0.15) is 0 Å². The number of hydrogen-bond donors (Lipinski definition) is 3. The van der Waals surface area contributed by atoms with Crippen LogP contribution in [-0.2, 0) is 28.7 Å². The van der Waals surface area contributed by atoms with Crippen molar-refractivity contribution in [3.05, 3.63) is 47.7 Å². The number of pyridine rings is 1. The monoisotopic (exact) mass is 619 g/mol. The number of nitrogens with one attached hydrogen (secondary N) is 3. The lowest BCUT2D eigenvalue weighted by atomic mass is 9.73. The summed E-state index contributed by atoms with van der Waals surface area (Å²) in [5.41, 5.74) is 3.72. The number of aromatic nitrogens is 1. The molecule has 1 spiro atoms. The maximum Gasteiger partial charge on any atom is 0.316 e. The zero-order valence-corrected chi connectivity index (χ0v) is 27.0. The highest BCUT2D eigenvalue weighted by molar-refractivity contribution is 5.92. The normalized spacial score (nSPS) is 30.6. The summed E-state index contributed by atoms with van der Waals surface area (Å²) >= 11 is 0. The number of cyclic esters (lactones) is 1. The van der Waals surface area contributed by atoms with Crippen molar-refractivity contribution in [3.63, 3.8) is 0 Å². The zero-order valence-electron chi connectivity index (χ0n) is 27.0. The standard InChI is InChI=1S/C34H45N5O6/c1-20(2)28-30(41)36-22(4)31(42)39-16-7-8-26(38-39)29(40)35-21(3)25-12-11-24-10-9-23(18-27(24)37-25)13-14-34(32(43)45-28)15-17-44-33(5,6)19-34/h9-14,18,20-22,26,28,38H,7-8,15-17,19H2,1-6H3,(H,35,40)(H,36,41)/b14-13+/t21-,22+,26+,28+,34-/m1/s1. The number of amides is 3. The maximum absolute atomic E-state index is 14.1. The van der Waals surface area contributed by atoms with E-state index in [1.807, 2.05) is 63.3 Å². The molecule has 3 N–H and O–H groups in total. The van der Waals surface area contributed by atoms with Gasteiger partial charge in [0.1, 0.15) is 12.1 Å². The molecule has 242 valence electrons. The van der Waals surface area contributed by atoms with E-state index < -0.39 is 41.1 Å². The molecule has 2 saturated heterocycles. The molecule has 4 heterocycles. The molecule has 5 atom stereocenters. The minimum Gasteiger partial charge on any atom is -0.451 e. The Morgan fingerprint density at radius 1 is 1.00 bits per heavy atom. The van der Waals surface area contributed by atoms with Gasteiger partial charge in [-0.25, -0.2) is 5.43 Å². The fourth-order valence-electron chi connectivity index (χ4n) is 6.38. The lowest BCUT2D eigenvalue weighted by molar-refractivity contribution is -0.177. The Morgan fingerprint density at radius 2 is 1.73 bits per heavy atom. The predicted molar refractivity (Wildman–Crippen MR) is 169 cm³/mol. The number of carbonyl (C=O) groups is 4. The highest BCUT2D eigenvalue weighted by atomic mass is 16.6. The van der Waals surface area contributed by atoms with Crippen molar-refractivity contribution in [2.75, 3.05) is 13.2 Å². The fourth-order valence-corrected chi connectivity index (χ4v) is 6.38. The first-order chi connectivity index (χ1) is 21.3. The summed E-state index contributed by atoms with van der Waals surface area (Å²) in [6.07, 6.45) is 4.58. The average Bonchev–Trinajstić information content (AvgIpc) is 3.00. The summed E-state index contributed by atoms with van der Waals surface area (Å²) in [5, 5.41) is 8.12. The first kappa shape index (κ1) is 32.6. The van der Waals surface area contributed by atoms with Crippen LogP contribution in [0.1, 0.15) is 84.5 Å². The molecule has 5 bridgehead atoms. The lowest BCUT2D eigenvalue weighted by Crippen LogP contribution is -2.61. The summed E-state index contributed by atoms with van der Waals surface area (Å²) < 4.78 is 12.0. The largest absolute Gasteiger partial charge is 0.451 e. The molecule has 11 nitrogen and oxygen atoms in total. The number of fused-ring (bicyclic) bond motifs is 4. The van der Waals surface area contributed by atoms with Crippen LogP contribution < -0.4 is 16.1 Å². The van der Waals surface area contributed by atoms with E-state index in [2.05, 4.69) is 16.1 Å². The van der Waals surface area contributed by atoms with Gasteiger partial charge in [-0.05, 0) is 77.0 Å². The van der Waals surface area contributed by atoms with Crippen molar-refractivity contribution in [1.82, 2.24) is 26.1 Å². The smallest absolute Gasteiger partial charge is 0.316 e. The minimum atomic E-state index is -1.12. The average molecular weight is 620 g/mol. The van der Waals surface area contributed by atoms with Crippen LogP contribution in [0.5, 0.6) is 0 Å². The number of carbonyl (C=O) groups excluding carboxylic acids is 4. The van der Waals surface area contributed by atoms with Gasteiger partial charge in [0.2, 0.25) is 5.91 Å². The highest BCUT2D eigenvalue weighted by Crippen LogP contribution is 2.42. The van der Waals surface area contributed by atoms with E-state index in [0.29, 0.717) is 44.5 Å². The molecule has 3 aliphatic heterocycles. The summed E-state index contributed by atoms with van der Waals surface area (Å²) in [6, 6.07) is 7.84. The van der Waals surface area contributed by atoms with E-state index in [4.69, 9.17) is 14.5 Å². The molecular formula is C34H45N5O6. The fraction of sp³-hybridized carbons (Fsp3) is 0.559. The number of rotatable bonds is 1. The van der Waals surface area contributed by atoms with Gasteiger partial charge in [0.25, 0.3) is 11.8 Å². The van der Waals surface area contributed by atoms with Crippen LogP contribution in [0.15, 0.2) is 36.4 Å². The first-order valence-electron chi connectivity index (χ1n) is 15.9. The Bertz CT molecular complexity index is 1510. The van der Waals surface area contributed by atoms with Gasteiger partial charge in [-0.15, -0.1) is 0 Å². The van der Waals surface area contributed by atoms with Crippen molar-refractivity contribution in [3.8, 4) is 0 Å². The van der Waals surface area contributed by atoms with E-state index in [1.165, 1.54) is 5.01 Å². The van der Waals surface area contributed by atoms with E-state index >= 15 is 0 Å². The van der Waals surface area contributed by atoms with Crippen LogP contribution in [0.4, 0.5) is 0 Å². The van der Waals surface area contributed by atoms with Crippen molar-refractivity contribution < 1.29 is 28.7 Å². The second-order valence-corrected chi connectivity index (χ2v) is 13.6. The Morgan fingerprint density at radius 3 is 2.47 bits per heavy atom. The summed E-state index contributed by atoms with van der Waals surface area (Å²) in [5.74, 6) is -2.03. The minimum absolute atomic E-state index is 0.238. The van der Waals surface area contributed by atoms with Gasteiger partial charge in [0.15, 0.2) is 6.10 Å². The molecule has 3 amide bonds. The van der Waals surface area contributed by atoms with Gasteiger partial charge in [-0.3, -0.25) is 29.2 Å². The number of hydrogen-bond acceptors (Lipinski definition) is 8. The third-order valence-corrected chi connectivity index (χ3v) is 8.92. The third-order valence-electron chi connectivity index (χ3n) is 8.92. The summed E-state index contributed by atoms with van der Waals surface area (Å²) in [7, 11) is 0. The molecule has 1 aromatic heterocycles. The zero-order chi connectivity index (χ0) is 32.5. The van der Waals surface area contributed by atoms with E-state index in [-0.39, 0.29) is 23.8 Å². The van der Waals surface area contributed by atoms with E-state index in [0.717, 1.165) is 16.5 Å². The third kappa shape index (κ3) is 7.20. The van der Waals surface area contributed by atoms with E-state index in [1.54, 1.807) is 20.8 Å². The van der Waals surface area contributed by atoms with Crippen molar-refractivity contribution in [2.24, 2.45) is 11.3 Å². The number of esters is 1. The molecule has 2 aromatic rings. The molecule has 2 fully saturated rings. The Labute approximate surface area is 264 Å². The molecule has 0 unspecified atom stereocenters. The number of benzene rings is 1. The summed E-state index contributed by atoms with van der Waals surface area (Å²) in [6.45, 7) is 11.7. The molecule has 3 aliphatic rings. The summed E-state index contributed by atoms with van der Waals surface area (Å²) in [4.78, 5) is 59.1. The van der Waals surface area contributed by atoms with Gasteiger partial charge in [-0.1, -0.05) is 44.2 Å². The molecule has 0 saturated carbocycles. The van der Waals surface area contributed by atoms with Crippen LogP contribution in [0.25, 0.3) is 17.0 Å². The molecule has 1 aromatic carbocycles. The second-order valence-electron chi connectivity index (χ2n) is 13.6. The van der Waals surface area contributed by atoms with E-state index in [9.17, 15) is 19.2 Å². The first-order valence-corrected chi connectivity index (χ1v) is 15.9. The Kier molecular flexibility index (Phi) is 9.32. The molecular weight excluding hydrogens is 574 g/mol. The number of ether oxygens (including phenoxy) is 2. The Balaban J connectivity index is 1.55. The second kappa shape index (κ2) is 12.9. The van der Waals surface area contributed by atoms with Crippen molar-refractivity contribution in [2.45, 2.75) is 97.1 Å². The van der Waals surface area contributed by atoms with Crippen LogP contribution >= 0.6 is 0 Å². The number of nitrogens with zero attached hydrogens (tertiary/aromatic N) is 2. The van der Waals surface area contributed by atoms with Crippen LogP contribution in [0, 0.1) is 11.3 Å². The molecule has 11 heteroatoms. The molecule has 0 radical (unpaired) electrons. The maximum atomic E-state index is 14.1. The van der Waals surface area contributed by atoms with Crippen molar-refractivity contribution >= 4 is 40.7 Å². The number of hydrazine groups is 1. The predicted octanol–water partition coefficient (Wildman–Crippen LogP) is 3.58. The van der Waals surface area contributed by atoms with Gasteiger partial charge >= 0.3 is 5.97 Å².